The summed E-state index contributed by atoms with van der Waals surface area (Å²) in [6.45, 7) is 9.71. The van der Waals surface area contributed by atoms with Crippen LogP contribution in [0.3, 0.4) is 0 Å². The van der Waals surface area contributed by atoms with Gasteiger partial charge in [0, 0.05) is 17.5 Å². The number of fused-ring (bicyclic) bond motifs is 1. The minimum Gasteiger partial charge on any atom is -0.462 e. The summed E-state index contributed by atoms with van der Waals surface area (Å²) < 4.78 is 6.73. The Morgan fingerprint density at radius 1 is 1.36 bits per heavy atom. The van der Waals surface area contributed by atoms with Crippen molar-refractivity contribution in [1.29, 1.82) is 0 Å². The number of thiophene rings is 1. The van der Waals surface area contributed by atoms with Gasteiger partial charge in [0.25, 0.3) is 5.56 Å². The second kappa shape index (κ2) is 8.75. The molecule has 3 rings (SSSR count). The number of allylic oxidation sites excluding steroid dienone is 1. The molecule has 0 unspecified atom stereocenters. The third-order valence-electron chi connectivity index (χ3n) is 4.02. The lowest BCUT2D eigenvalue weighted by molar-refractivity contribution is -0.144. The van der Waals surface area contributed by atoms with Gasteiger partial charge < -0.3 is 4.74 Å². The van der Waals surface area contributed by atoms with E-state index < -0.39 is 0 Å². The molecule has 2 heterocycles. The lowest BCUT2D eigenvalue weighted by Crippen LogP contribution is -2.23. The number of aryl methyl sites for hydroxylation is 1. The van der Waals surface area contributed by atoms with Crippen molar-refractivity contribution in [2.75, 3.05) is 5.75 Å². The molecule has 0 bridgehead atoms. The zero-order valence-corrected chi connectivity index (χ0v) is 17.7. The van der Waals surface area contributed by atoms with Crippen molar-refractivity contribution in [2.24, 2.45) is 0 Å². The Morgan fingerprint density at radius 2 is 2.07 bits per heavy atom. The first-order chi connectivity index (χ1) is 13.4. The number of rotatable bonds is 7. The van der Waals surface area contributed by atoms with Crippen molar-refractivity contribution >= 4 is 39.3 Å². The molecule has 0 N–H and O–H groups in total. The van der Waals surface area contributed by atoms with Gasteiger partial charge in [0.05, 0.1) is 17.2 Å². The topological polar surface area (TPSA) is 61.2 Å². The zero-order valence-electron chi connectivity index (χ0n) is 16.1. The fraction of sp³-hybridized carbons (Fsp3) is 0.286. The normalized spacial score (nSPS) is 11.1. The van der Waals surface area contributed by atoms with Gasteiger partial charge in [-0.1, -0.05) is 47.7 Å². The number of thioether (sulfide) groups is 1. The molecule has 0 aliphatic heterocycles. The van der Waals surface area contributed by atoms with Crippen molar-refractivity contribution < 1.29 is 9.53 Å². The molecule has 1 aromatic carbocycles. The van der Waals surface area contributed by atoms with E-state index in [-0.39, 0.29) is 23.4 Å². The van der Waals surface area contributed by atoms with E-state index in [1.165, 1.54) is 23.1 Å². The zero-order chi connectivity index (χ0) is 20.3. The maximum Gasteiger partial charge on any atom is 0.316 e. The van der Waals surface area contributed by atoms with Crippen LogP contribution in [0.25, 0.3) is 21.3 Å². The van der Waals surface area contributed by atoms with E-state index in [2.05, 4.69) is 11.6 Å². The Morgan fingerprint density at radius 3 is 2.71 bits per heavy atom. The standard InChI is InChI=1S/C21H22N2O3S2/c1-5-10-23-20(25)18-16(15-8-6-14(4)7-9-15)11-27-19(18)22-21(23)28-12-17(24)26-13(2)3/h5-9,11,13H,1,10,12H2,2-4H3. The number of aromatic nitrogens is 2. The van der Waals surface area contributed by atoms with Gasteiger partial charge in [0.15, 0.2) is 5.16 Å². The van der Waals surface area contributed by atoms with Gasteiger partial charge in [-0.25, -0.2) is 4.98 Å². The van der Waals surface area contributed by atoms with E-state index in [9.17, 15) is 9.59 Å². The van der Waals surface area contributed by atoms with Crippen molar-refractivity contribution in [3.63, 3.8) is 0 Å². The lowest BCUT2D eigenvalue weighted by Gasteiger charge is -2.11. The van der Waals surface area contributed by atoms with E-state index in [0.717, 1.165) is 16.7 Å². The molecule has 0 spiro atoms. The van der Waals surface area contributed by atoms with E-state index >= 15 is 0 Å². The number of benzene rings is 1. The molecule has 0 saturated carbocycles. The molecule has 0 radical (unpaired) electrons. The fourth-order valence-corrected chi connectivity index (χ4v) is 4.55. The molecule has 146 valence electrons. The molecule has 5 nitrogen and oxygen atoms in total. The van der Waals surface area contributed by atoms with Crippen LogP contribution in [0.2, 0.25) is 0 Å². The maximum absolute atomic E-state index is 13.2. The maximum atomic E-state index is 13.2. The molecular weight excluding hydrogens is 392 g/mol. The second-order valence-electron chi connectivity index (χ2n) is 6.62. The first kappa shape index (κ1) is 20.4. The number of nitrogens with zero attached hydrogens (tertiary/aromatic N) is 2. The van der Waals surface area contributed by atoms with E-state index in [1.807, 2.05) is 36.6 Å². The van der Waals surface area contributed by atoms with Crippen LogP contribution in [0.5, 0.6) is 0 Å². The summed E-state index contributed by atoms with van der Waals surface area (Å²) in [7, 11) is 0. The van der Waals surface area contributed by atoms with Crippen molar-refractivity contribution in [3.05, 3.63) is 58.2 Å². The molecule has 3 aromatic rings. The van der Waals surface area contributed by atoms with Crippen LogP contribution < -0.4 is 5.56 Å². The SMILES string of the molecule is C=CCn1c(SCC(=O)OC(C)C)nc2scc(-c3ccc(C)cc3)c2c1=O. The number of carbonyl (C=O) groups excluding carboxylic acids is 1. The average Bonchev–Trinajstić information content (AvgIpc) is 3.07. The second-order valence-corrected chi connectivity index (χ2v) is 8.42. The largest absolute Gasteiger partial charge is 0.462 e. The van der Waals surface area contributed by atoms with Crippen LogP contribution in [0.15, 0.2) is 52.3 Å². The highest BCUT2D eigenvalue weighted by Crippen LogP contribution is 2.32. The van der Waals surface area contributed by atoms with Crippen LogP contribution >= 0.6 is 23.1 Å². The smallest absolute Gasteiger partial charge is 0.316 e. The molecule has 0 saturated heterocycles. The Bertz CT molecular complexity index is 1070. The van der Waals surface area contributed by atoms with Gasteiger partial charge in [-0.05, 0) is 26.3 Å². The third-order valence-corrected chi connectivity index (χ3v) is 5.84. The number of esters is 1. The first-order valence-corrected chi connectivity index (χ1v) is 10.8. The van der Waals surface area contributed by atoms with Crippen molar-refractivity contribution in [3.8, 4) is 11.1 Å². The predicted molar refractivity (Wildman–Crippen MR) is 116 cm³/mol. The number of carbonyl (C=O) groups is 1. The van der Waals surface area contributed by atoms with Gasteiger partial charge in [0.1, 0.15) is 4.83 Å². The predicted octanol–water partition coefficient (Wildman–Crippen LogP) is 4.66. The Labute approximate surface area is 172 Å². The molecule has 0 aliphatic carbocycles. The lowest BCUT2D eigenvalue weighted by atomic mass is 10.1. The molecule has 0 fully saturated rings. The van der Waals surface area contributed by atoms with Crippen LogP contribution in [0.4, 0.5) is 0 Å². The highest BCUT2D eigenvalue weighted by Gasteiger charge is 2.18. The van der Waals surface area contributed by atoms with Gasteiger partial charge >= 0.3 is 5.97 Å². The van der Waals surface area contributed by atoms with Crippen molar-refractivity contribution in [1.82, 2.24) is 9.55 Å². The minimum atomic E-state index is -0.328. The molecule has 2 aromatic heterocycles. The summed E-state index contributed by atoms with van der Waals surface area (Å²) in [5.74, 6) is -0.227. The number of ether oxygens (including phenoxy) is 1. The highest BCUT2D eigenvalue weighted by molar-refractivity contribution is 7.99. The molecular formula is C21H22N2O3S2. The molecule has 0 aliphatic rings. The molecule has 0 atom stereocenters. The summed E-state index contributed by atoms with van der Waals surface area (Å²) in [6, 6.07) is 8.08. The third kappa shape index (κ3) is 4.36. The number of hydrogen-bond donors (Lipinski definition) is 0. The Hall–Kier alpha value is -2.38. The quantitative estimate of drug-likeness (QED) is 0.243. The summed E-state index contributed by atoms with van der Waals surface area (Å²) in [6.07, 6.45) is 1.48. The summed E-state index contributed by atoms with van der Waals surface area (Å²) in [5, 5.41) is 3.06. The summed E-state index contributed by atoms with van der Waals surface area (Å²) in [4.78, 5) is 30.4. The van der Waals surface area contributed by atoms with Gasteiger partial charge in [-0.15, -0.1) is 17.9 Å². The van der Waals surface area contributed by atoms with Gasteiger partial charge in [-0.3, -0.25) is 14.2 Å². The molecule has 28 heavy (non-hydrogen) atoms. The molecule has 0 amide bonds. The molecule has 7 heteroatoms. The van der Waals surface area contributed by atoms with Crippen LogP contribution in [0, 0.1) is 6.92 Å². The summed E-state index contributed by atoms with van der Waals surface area (Å²) >= 11 is 2.64. The fourth-order valence-electron chi connectivity index (χ4n) is 2.77. The van der Waals surface area contributed by atoms with Gasteiger partial charge in [0.2, 0.25) is 0 Å². The van der Waals surface area contributed by atoms with Crippen LogP contribution in [-0.4, -0.2) is 27.4 Å². The Balaban J connectivity index is 2.03. The van der Waals surface area contributed by atoms with E-state index in [1.54, 1.807) is 24.5 Å². The minimum absolute atomic E-state index is 0.101. The van der Waals surface area contributed by atoms with E-state index in [4.69, 9.17) is 4.74 Å². The average molecular weight is 415 g/mol. The Kier molecular flexibility index (Phi) is 6.36. The highest BCUT2D eigenvalue weighted by atomic mass is 32.2. The monoisotopic (exact) mass is 414 g/mol. The summed E-state index contributed by atoms with van der Waals surface area (Å²) in [5.41, 5.74) is 2.91. The van der Waals surface area contributed by atoms with E-state index in [0.29, 0.717) is 21.9 Å². The number of hydrogen-bond acceptors (Lipinski definition) is 6. The first-order valence-electron chi connectivity index (χ1n) is 8.93. The van der Waals surface area contributed by atoms with Crippen LogP contribution in [-0.2, 0) is 16.1 Å². The van der Waals surface area contributed by atoms with Crippen LogP contribution in [0.1, 0.15) is 19.4 Å². The van der Waals surface area contributed by atoms with Gasteiger partial charge in [-0.2, -0.15) is 0 Å². The van der Waals surface area contributed by atoms with Crippen molar-refractivity contribution in [2.45, 2.75) is 38.6 Å².